The van der Waals surface area contributed by atoms with E-state index in [1.807, 2.05) is 0 Å². The van der Waals surface area contributed by atoms with Crippen molar-refractivity contribution in [1.29, 1.82) is 0 Å². The van der Waals surface area contributed by atoms with E-state index in [0.29, 0.717) is 12.6 Å². The average molecular weight is 300 g/mol. The van der Waals surface area contributed by atoms with Crippen LogP contribution in [0.2, 0.25) is 0 Å². The topological polar surface area (TPSA) is 74.0 Å². The van der Waals surface area contributed by atoms with Crippen LogP contribution in [0.3, 0.4) is 0 Å². The molecule has 0 saturated heterocycles. The molecule has 0 aliphatic rings. The smallest absolute Gasteiger partial charge is 0.351 e. The fourth-order valence-corrected chi connectivity index (χ4v) is 1.21. The summed E-state index contributed by atoms with van der Waals surface area (Å²) in [6, 6.07) is 1.52. The van der Waals surface area contributed by atoms with Crippen LogP contribution in [0.5, 0.6) is 0 Å². The average Bonchev–Trinajstić information content (AvgIpc) is 2.27. The van der Waals surface area contributed by atoms with E-state index in [1.165, 1.54) is 0 Å². The highest BCUT2D eigenvalue weighted by Gasteiger charge is 2.32. The third-order valence-corrected chi connectivity index (χ3v) is 2.12. The van der Waals surface area contributed by atoms with E-state index < -0.39 is 23.3 Å². The maximum Gasteiger partial charge on any atom is 0.431 e. The van der Waals surface area contributed by atoms with Crippen LogP contribution in [0.4, 0.5) is 13.2 Å². The molecule has 0 bridgehead atoms. The van der Waals surface area contributed by atoms with Gasteiger partial charge in [-0.25, -0.2) is 0 Å². The molecular formula is C10H13ClF3N3O2. The zero-order chi connectivity index (χ0) is 13.8. The van der Waals surface area contributed by atoms with E-state index in [9.17, 15) is 22.8 Å². The minimum atomic E-state index is -4.64. The minimum Gasteiger partial charge on any atom is -0.351 e. The minimum absolute atomic E-state index is 0. The van der Waals surface area contributed by atoms with Crippen molar-refractivity contribution in [2.75, 3.05) is 20.1 Å². The Balaban J connectivity index is 0.00000324. The number of aromatic nitrogens is 1. The number of likely N-dealkylation sites (N-methyl/N-ethyl adjacent to an activating group) is 1. The Morgan fingerprint density at radius 2 is 1.95 bits per heavy atom. The third-order valence-electron chi connectivity index (χ3n) is 2.12. The van der Waals surface area contributed by atoms with Crippen LogP contribution >= 0.6 is 12.4 Å². The fraction of sp³-hybridized carbons (Fsp3) is 0.400. The zero-order valence-electron chi connectivity index (χ0n) is 9.93. The number of nitrogens with one attached hydrogen (secondary N) is 3. The number of alkyl halides is 3. The van der Waals surface area contributed by atoms with Gasteiger partial charge in [0.1, 0.15) is 11.3 Å². The van der Waals surface area contributed by atoms with Gasteiger partial charge in [0.25, 0.3) is 11.5 Å². The second-order valence-electron chi connectivity index (χ2n) is 3.47. The van der Waals surface area contributed by atoms with Crippen molar-refractivity contribution in [3.8, 4) is 0 Å². The number of hydrogen-bond acceptors (Lipinski definition) is 3. The van der Waals surface area contributed by atoms with Gasteiger partial charge in [-0.1, -0.05) is 0 Å². The van der Waals surface area contributed by atoms with Crippen LogP contribution < -0.4 is 16.2 Å². The lowest BCUT2D eigenvalue weighted by molar-refractivity contribution is -0.141. The van der Waals surface area contributed by atoms with Gasteiger partial charge in [0.2, 0.25) is 0 Å². The van der Waals surface area contributed by atoms with Crippen LogP contribution in [-0.4, -0.2) is 31.0 Å². The van der Waals surface area contributed by atoms with Gasteiger partial charge in [0.05, 0.1) is 0 Å². The number of hydrogen-bond donors (Lipinski definition) is 3. The van der Waals surface area contributed by atoms with E-state index in [0.717, 1.165) is 6.07 Å². The molecule has 0 aliphatic carbocycles. The summed E-state index contributed by atoms with van der Waals surface area (Å²) in [4.78, 5) is 24.4. The van der Waals surface area contributed by atoms with Crippen molar-refractivity contribution in [3.05, 3.63) is 33.7 Å². The van der Waals surface area contributed by atoms with Gasteiger partial charge in [-0.2, -0.15) is 13.2 Å². The summed E-state index contributed by atoms with van der Waals surface area (Å²) in [6.07, 6.45) is -4.64. The quantitative estimate of drug-likeness (QED) is 0.719. The Labute approximate surface area is 113 Å². The Morgan fingerprint density at radius 3 is 2.42 bits per heavy atom. The van der Waals surface area contributed by atoms with Crippen LogP contribution in [0.25, 0.3) is 0 Å². The molecule has 1 aromatic heterocycles. The molecule has 1 rings (SSSR count). The van der Waals surface area contributed by atoms with E-state index in [4.69, 9.17) is 0 Å². The lowest BCUT2D eigenvalue weighted by Crippen LogP contribution is -2.34. The highest BCUT2D eigenvalue weighted by molar-refractivity contribution is 5.93. The largest absolute Gasteiger partial charge is 0.431 e. The van der Waals surface area contributed by atoms with Crippen LogP contribution in [0, 0.1) is 0 Å². The van der Waals surface area contributed by atoms with Gasteiger partial charge in [-0.05, 0) is 19.2 Å². The van der Waals surface area contributed by atoms with Crippen LogP contribution in [0.15, 0.2) is 16.9 Å². The SMILES string of the molecule is CNCCNC(=O)c1ccc(C(F)(F)F)[nH]c1=O.Cl. The van der Waals surface area contributed by atoms with Gasteiger partial charge in [0.15, 0.2) is 0 Å². The van der Waals surface area contributed by atoms with Crippen LogP contribution in [0.1, 0.15) is 16.1 Å². The van der Waals surface area contributed by atoms with Crippen molar-refractivity contribution >= 4 is 18.3 Å². The van der Waals surface area contributed by atoms with Gasteiger partial charge in [-0.15, -0.1) is 12.4 Å². The van der Waals surface area contributed by atoms with Crippen molar-refractivity contribution in [2.24, 2.45) is 0 Å². The fourth-order valence-electron chi connectivity index (χ4n) is 1.21. The third kappa shape index (κ3) is 4.92. The van der Waals surface area contributed by atoms with Crippen molar-refractivity contribution < 1.29 is 18.0 Å². The standard InChI is InChI=1S/C10H12F3N3O2.ClH/c1-14-4-5-15-8(17)6-2-3-7(10(11,12)13)16-9(6)18;/h2-3,14H,4-5H2,1H3,(H,15,17)(H,16,18);1H. The summed E-state index contributed by atoms with van der Waals surface area (Å²) < 4.78 is 36.8. The van der Waals surface area contributed by atoms with Crippen LogP contribution in [-0.2, 0) is 6.18 Å². The number of amides is 1. The van der Waals surface area contributed by atoms with Crippen molar-refractivity contribution in [1.82, 2.24) is 15.6 Å². The molecule has 3 N–H and O–H groups in total. The number of carbonyl (C=O) groups excluding carboxylic acids is 1. The molecule has 0 aliphatic heterocycles. The predicted octanol–water partition coefficient (Wildman–Crippen LogP) is 0.765. The first-order chi connectivity index (χ1) is 8.36. The molecule has 0 spiro atoms. The Morgan fingerprint density at radius 1 is 1.32 bits per heavy atom. The molecule has 0 unspecified atom stereocenters. The highest BCUT2D eigenvalue weighted by Crippen LogP contribution is 2.26. The molecule has 1 aromatic rings. The molecule has 0 fully saturated rings. The molecule has 0 atom stereocenters. The van der Waals surface area contributed by atoms with E-state index >= 15 is 0 Å². The summed E-state index contributed by atoms with van der Waals surface area (Å²) in [5, 5.41) is 5.16. The van der Waals surface area contributed by atoms with Gasteiger partial charge in [-0.3, -0.25) is 9.59 Å². The summed E-state index contributed by atoms with van der Waals surface area (Å²) in [6.45, 7) is 0.764. The number of aromatic amines is 1. The maximum absolute atomic E-state index is 12.3. The molecule has 19 heavy (non-hydrogen) atoms. The number of carbonyl (C=O) groups is 1. The number of H-pyrrole nitrogens is 1. The first-order valence-corrected chi connectivity index (χ1v) is 5.09. The molecule has 1 heterocycles. The Bertz CT molecular complexity index is 488. The van der Waals surface area contributed by atoms with E-state index in [2.05, 4.69) is 10.6 Å². The normalized spacial score (nSPS) is 10.7. The number of pyridine rings is 1. The number of rotatable bonds is 4. The molecule has 0 aromatic carbocycles. The molecule has 5 nitrogen and oxygen atoms in total. The van der Waals surface area contributed by atoms with E-state index in [-0.39, 0.29) is 24.5 Å². The van der Waals surface area contributed by atoms with Gasteiger partial charge in [0, 0.05) is 13.1 Å². The highest BCUT2D eigenvalue weighted by atomic mass is 35.5. The molecule has 9 heteroatoms. The summed E-state index contributed by atoms with van der Waals surface area (Å²) in [7, 11) is 1.68. The first kappa shape index (κ1) is 17.5. The zero-order valence-corrected chi connectivity index (χ0v) is 10.7. The van der Waals surface area contributed by atoms with Crippen molar-refractivity contribution in [3.63, 3.8) is 0 Å². The summed E-state index contributed by atoms with van der Waals surface area (Å²) in [5.74, 6) is -0.708. The first-order valence-electron chi connectivity index (χ1n) is 5.09. The molecular weight excluding hydrogens is 287 g/mol. The second-order valence-corrected chi connectivity index (χ2v) is 3.47. The lowest BCUT2D eigenvalue weighted by Gasteiger charge is -2.07. The maximum atomic E-state index is 12.3. The van der Waals surface area contributed by atoms with Gasteiger partial charge >= 0.3 is 6.18 Å². The summed E-state index contributed by atoms with van der Waals surface area (Å²) in [5.41, 5.74) is -2.59. The van der Waals surface area contributed by atoms with Crippen molar-refractivity contribution in [2.45, 2.75) is 6.18 Å². The molecule has 0 saturated carbocycles. The van der Waals surface area contributed by atoms with Gasteiger partial charge < -0.3 is 15.6 Å². The molecule has 0 radical (unpaired) electrons. The van der Waals surface area contributed by atoms with E-state index in [1.54, 1.807) is 12.0 Å². The molecule has 1 amide bonds. The Kier molecular flexibility index (Phi) is 6.57. The second kappa shape index (κ2) is 7.15. The molecule has 108 valence electrons. The Hall–Kier alpha value is -1.54. The summed E-state index contributed by atoms with van der Waals surface area (Å²) >= 11 is 0. The predicted molar refractivity (Wildman–Crippen MR) is 65.6 cm³/mol. The lowest BCUT2D eigenvalue weighted by atomic mass is 10.2. The number of halogens is 4. The monoisotopic (exact) mass is 299 g/mol.